The molecule has 0 amide bonds. The summed E-state index contributed by atoms with van der Waals surface area (Å²) in [6.45, 7) is 4.37. The second-order valence-electron chi connectivity index (χ2n) is 5.89. The van der Waals surface area contributed by atoms with Crippen LogP contribution in [0.2, 0.25) is 0 Å². The summed E-state index contributed by atoms with van der Waals surface area (Å²) in [4.78, 5) is 13.0. The van der Waals surface area contributed by atoms with E-state index in [4.69, 9.17) is 10.00 Å². The van der Waals surface area contributed by atoms with Crippen molar-refractivity contribution >= 4 is 22.7 Å². The van der Waals surface area contributed by atoms with E-state index in [-0.39, 0.29) is 11.3 Å². The van der Waals surface area contributed by atoms with Gasteiger partial charge in [0.25, 0.3) is 5.69 Å². The van der Waals surface area contributed by atoms with E-state index in [0.717, 1.165) is 17.9 Å². The predicted molar refractivity (Wildman–Crippen MR) is 95.2 cm³/mol. The van der Waals surface area contributed by atoms with E-state index in [0.29, 0.717) is 24.9 Å². The van der Waals surface area contributed by atoms with E-state index >= 15 is 0 Å². The molecule has 128 valence electrons. The Bertz CT molecular complexity index is 814. The average Bonchev–Trinajstić information content (AvgIpc) is 2.63. The molecule has 1 saturated heterocycles. The minimum Gasteiger partial charge on any atom is -0.377 e. The zero-order valence-electron chi connectivity index (χ0n) is 13.8. The molecule has 0 spiro atoms. The van der Waals surface area contributed by atoms with Gasteiger partial charge in [-0.3, -0.25) is 10.1 Å². The highest BCUT2D eigenvalue weighted by Gasteiger charge is 2.19. The van der Waals surface area contributed by atoms with Crippen molar-refractivity contribution in [3.05, 3.63) is 58.1 Å². The third kappa shape index (κ3) is 3.70. The van der Waals surface area contributed by atoms with Gasteiger partial charge in [0.15, 0.2) is 0 Å². The Morgan fingerprint density at radius 1 is 1.32 bits per heavy atom. The van der Waals surface area contributed by atoms with Crippen molar-refractivity contribution in [2.75, 3.05) is 30.0 Å². The van der Waals surface area contributed by atoms with Crippen molar-refractivity contribution < 1.29 is 9.66 Å². The van der Waals surface area contributed by atoms with Crippen LogP contribution in [0.3, 0.4) is 0 Å². The molecule has 7 nitrogen and oxygen atoms in total. The number of nitro benzene ring substituents is 1. The number of ether oxygens (including phenoxy) is 1. The lowest BCUT2D eigenvalue weighted by molar-refractivity contribution is -0.383. The third-order valence-corrected chi connectivity index (χ3v) is 4.17. The van der Waals surface area contributed by atoms with Crippen molar-refractivity contribution in [2.24, 2.45) is 0 Å². The van der Waals surface area contributed by atoms with Gasteiger partial charge in [-0.25, -0.2) is 0 Å². The topological polar surface area (TPSA) is 91.4 Å². The van der Waals surface area contributed by atoms with Crippen LogP contribution >= 0.6 is 0 Å². The van der Waals surface area contributed by atoms with E-state index in [1.165, 1.54) is 6.07 Å². The van der Waals surface area contributed by atoms with Gasteiger partial charge in [-0.1, -0.05) is 0 Å². The van der Waals surface area contributed by atoms with Crippen molar-refractivity contribution in [1.29, 1.82) is 5.26 Å². The van der Waals surface area contributed by atoms with E-state index in [9.17, 15) is 10.1 Å². The maximum atomic E-state index is 11.2. The van der Waals surface area contributed by atoms with Gasteiger partial charge in [-0.2, -0.15) is 5.26 Å². The first-order chi connectivity index (χ1) is 12.1. The largest absolute Gasteiger partial charge is 0.377 e. The summed E-state index contributed by atoms with van der Waals surface area (Å²) in [6, 6.07) is 14.3. The number of benzene rings is 2. The molecule has 2 aromatic rings. The van der Waals surface area contributed by atoms with Crippen molar-refractivity contribution in [2.45, 2.75) is 13.0 Å². The molecule has 0 bridgehead atoms. The standard InChI is InChI=1S/C18H18N4O3/c1-13-12-25-9-8-21(13)16-5-3-15(4-6-16)20-17-7-2-14(11-19)10-18(17)22(23)24/h2-7,10,13,20H,8-9,12H2,1H3. The van der Waals surface area contributed by atoms with Gasteiger partial charge >= 0.3 is 0 Å². The van der Waals surface area contributed by atoms with E-state index in [1.807, 2.05) is 30.3 Å². The van der Waals surface area contributed by atoms with E-state index in [1.54, 1.807) is 12.1 Å². The second kappa shape index (κ2) is 7.20. The zero-order valence-corrected chi connectivity index (χ0v) is 13.8. The molecule has 1 atom stereocenters. The summed E-state index contributed by atoms with van der Waals surface area (Å²) in [7, 11) is 0. The number of nitrogens with one attached hydrogen (secondary N) is 1. The fraction of sp³-hybridized carbons (Fsp3) is 0.278. The zero-order chi connectivity index (χ0) is 17.8. The molecule has 0 radical (unpaired) electrons. The number of anilines is 3. The molecule has 1 aliphatic rings. The molecule has 1 fully saturated rings. The van der Waals surface area contributed by atoms with E-state index < -0.39 is 4.92 Å². The fourth-order valence-corrected chi connectivity index (χ4v) is 2.86. The second-order valence-corrected chi connectivity index (χ2v) is 5.89. The first kappa shape index (κ1) is 16.7. The monoisotopic (exact) mass is 338 g/mol. The molecule has 25 heavy (non-hydrogen) atoms. The number of nitrogens with zero attached hydrogens (tertiary/aromatic N) is 3. The van der Waals surface area contributed by atoms with Crippen LogP contribution in [0.15, 0.2) is 42.5 Å². The van der Waals surface area contributed by atoms with Crippen molar-refractivity contribution in [1.82, 2.24) is 0 Å². The van der Waals surface area contributed by atoms with Gasteiger partial charge in [0.05, 0.1) is 29.8 Å². The smallest absolute Gasteiger partial charge is 0.293 e. The van der Waals surface area contributed by atoms with Crippen molar-refractivity contribution in [3.8, 4) is 6.07 Å². The summed E-state index contributed by atoms with van der Waals surface area (Å²) < 4.78 is 5.45. The van der Waals surface area contributed by atoms with Gasteiger partial charge < -0.3 is 15.0 Å². The van der Waals surface area contributed by atoms with Crippen molar-refractivity contribution in [3.63, 3.8) is 0 Å². The van der Waals surface area contributed by atoms with Gasteiger partial charge in [0, 0.05) is 30.0 Å². The highest BCUT2D eigenvalue weighted by molar-refractivity contribution is 5.71. The maximum absolute atomic E-state index is 11.2. The minimum absolute atomic E-state index is 0.120. The highest BCUT2D eigenvalue weighted by Crippen LogP contribution is 2.30. The molecule has 3 rings (SSSR count). The number of rotatable bonds is 4. The molecule has 1 aliphatic heterocycles. The lowest BCUT2D eigenvalue weighted by Gasteiger charge is -2.35. The Morgan fingerprint density at radius 2 is 2.08 bits per heavy atom. The highest BCUT2D eigenvalue weighted by atomic mass is 16.6. The molecular formula is C18H18N4O3. The van der Waals surface area contributed by atoms with Gasteiger partial charge in [0.1, 0.15) is 5.69 Å². The number of hydrogen-bond acceptors (Lipinski definition) is 6. The Hall–Kier alpha value is -3.11. The summed E-state index contributed by atoms with van der Waals surface area (Å²) in [5.41, 5.74) is 2.34. The van der Waals surface area contributed by atoms with Crippen LogP contribution in [0.25, 0.3) is 0 Å². The quantitative estimate of drug-likeness (QED) is 0.678. The molecule has 1 N–H and O–H groups in total. The molecule has 0 aromatic heterocycles. The molecule has 7 heteroatoms. The molecule has 1 heterocycles. The van der Waals surface area contributed by atoms with Gasteiger partial charge in [-0.15, -0.1) is 0 Å². The van der Waals surface area contributed by atoms with E-state index in [2.05, 4.69) is 17.1 Å². The first-order valence-electron chi connectivity index (χ1n) is 7.98. The Labute approximate surface area is 145 Å². The van der Waals surface area contributed by atoms with Crippen LogP contribution in [0.5, 0.6) is 0 Å². The molecule has 0 aliphatic carbocycles. The SMILES string of the molecule is CC1COCCN1c1ccc(Nc2ccc(C#N)cc2[N+](=O)[O-])cc1. The lowest BCUT2D eigenvalue weighted by Crippen LogP contribution is -2.43. The molecule has 2 aromatic carbocycles. The Morgan fingerprint density at radius 3 is 2.72 bits per heavy atom. The Balaban J connectivity index is 1.80. The summed E-state index contributed by atoms with van der Waals surface area (Å²) in [5.74, 6) is 0. The molecule has 1 unspecified atom stereocenters. The van der Waals surface area contributed by atoms with Crippen LogP contribution in [0.1, 0.15) is 12.5 Å². The Kier molecular flexibility index (Phi) is 4.82. The number of nitriles is 1. The predicted octanol–water partition coefficient (Wildman–Crippen LogP) is 3.44. The fourth-order valence-electron chi connectivity index (χ4n) is 2.86. The summed E-state index contributed by atoms with van der Waals surface area (Å²) in [5, 5.41) is 23.2. The number of nitro groups is 1. The lowest BCUT2D eigenvalue weighted by atomic mass is 10.1. The van der Waals surface area contributed by atoms with Gasteiger partial charge in [-0.05, 0) is 43.3 Å². The maximum Gasteiger partial charge on any atom is 0.293 e. The molecule has 0 saturated carbocycles. The normalized spacial score (nSPS) is 17.0. The number of morpholine rings is 1. The van der Waals surface area contributed by atoms with Crippen LogP contribution in [0, 0.1) is 21.4 Å². The summed E-state index contributed by atoms with van der Waals surface area (Å²) in [6.07, 6.45) is 0. The third-order valence-electron chi connectivity index (χ3n) is 4.17. The minimum atomic E-state index is -0.493. The van der Waals surface area contributed by atoms with Crippen LogP contribution in [-0.4, -0.2) is 30.7 Å². The molecular weight excluding hydrogens is 320 g/mol. The van der Waals surface area contributed by atoms with Gasteiger partial charge in [0.2, 0.25) is 0 Å². The van der Waals surface area contributed by atoms with Crippen LogP contribution < -0.4 is 10.2 Å². The average molecular weight is 338 g/mol. The van der Waals surface area contributed by atoms with Crippen LogP contribution in [-0.2, 0) is 4.74 Å². The van der Waals surface area contributed by atoms with Crippen LogP contribution in [0.4, 0.5) is 22.7 Å². The number of hydrogen-bond donors (Lipinski definition) is 1. The summed E-state index contributed by atoms with van der Waals surface area (Å²) >= 11 is 0. The first-order valence-corrected chi connectivity index (χ1v) is 7.98.